The van der Waals surface area contributed by atoms with Gasteiger partial charge >= 0.3 is 11.9 Å². The molecule has 0 amide bonds. The van der Waals surface area contributed by atoms with E-state index in [1.807, 2.05) is 24.0 Å². The standard InChI is InChI=1S/C21H21Cl2N3O2.C4H6O3/c1-3-18(28)14-6-7-15(22)19-20(14)26-10-4-9-25(21(26)24-19)17-8-5-13(12(2)27)11-16(17)23;1-3(5)7-4(2)6/h5-8,11,18,28H,3-4,9-10H2,1-2H3;1-2H3. The fraction of sp³-hybridized carbons (Fsp3) is 0.360. The molecule has 0 saturated carbocycles. The fourth-order valence-electron chi connectivity index (χ4n) is 3.99. The number of Topliss-reactive ketones (excluding diaryl/α,β-unsaturated/α-hetero) is 1. The Morgan fingerprint density at radius 3 is 2.29 bits per heavy atom. The van der Waals surface area contributed by atoms with E-state index < -0.39 is 18.0 Å². The number of aromatic nitrogens is 2. The number of hydrogen-bond acceptors (Lipinski definition) is 7. The molecule has 0 fully saturated rings. The Balaban J connectivity index is 0.000000429. The molecule has 4 rings (SSSR count). The van der Waals surface area contributed by atoms with Gasteiger partial charge in [0.25, 0.3) is 0 Å². The van der Waals surface area contributed by atoms with Crippen molar-refractivity contribution in [2.75, 3.05) is 11.4 Å². The lowest BCUT2D eigenvalue weighted by Gasteiger charge is -2.30. The molecule has 10 heteroatoms. The number of aliphatic hydroxyl groups excluding tert-OH is 1. The molecular formula is C25H27Cl2N3O5. The molecule has 3 aromatic rings. The second kappa shape index (κ2) is 11.2. The molecule has 1 aliphatic heterocycles. The zero-order chi connectivity index (χ0) is 25.9. The van der Waals surface area contributed by atoms with Crippen molar-refractivity contribution in [1.29, 1.82) is 0 Å². The van der Waals surface area contributed by atoms with Crippen molar-refractivity contribution >= 4 is 63.6 Å². The molecule has 1 N–H and O–H groups in total. The number of ketones is 1. The molecule has 2 heterocycles. The van der Waals surface area contributed by atoms with E-state index in [0.29, 0.717) is 27.5 Å². The van der Waals surface area contributed by atoms with Crippen LogP contribution >= 0.6 is 23.2 Å². The van der Waals surface area contributed by atoms with E-state index in [1.165, 1.54) is 20.8 Å². The molecule has 1 unspecified atom stereocenters. The van der Waals surface area contributed by atoms with Gasteiger partial charge in [-0.1, -0.05) is 36.2 Å². The number of anilines is 2. The van der Waals surface area contributed by atoms with Crippen LogP contribution in [0.2, 0.25) is 10.0 Å². The van der Waals surface area contributed by atoms with Crippen molar-refractivity contribution in [3.8, 4) is 0 Å². The lowest BCUT2D eigenvalue weighted by Crippen LogP contribution is -2.28. The molecule has 0 saturated heterocycles. The molecule has 0 aliphatic carbocycles. The van der Waals surface area contributed by atoms with Gasteiger partial charge in [-0.25, -0.2) is 4.98 Å². The summed E-state index contributed by atoms with van der Waals surface area (Å²) in [6, 6.07) is 9.00. The SMILES string of the molecule is CC(=O)OC(C)=O.CCC(O)c1ccc(Cl)c2nc3n(c12)CCCN3c1ccc(C(C)=O)cc1Cl. The van der Waals surface area contributed by atoms with Crippen molar-refractivity contribution in [3.05, 3.63) is 51.5 Å². The quantitative estimate of drug-likeness (QED) is 0.270. The molecule has 8 nitrogen and oxygen atoms in total. The van der Waals surface area contributed by atoms with Crippen molar-refractivity contribution in [1.82, 2.24) is 9.55 Å². The van der Waals surface area contributed by atoms with Crippen LogP contribution < -0.4 is 4.90 Å². The number of nitrogens with zero attached hydrogens (tertiary/aromatic N) is 3. The zero-order valence-electron chi connectivity index (χ0n) is 20.0. The van der Waals surface area contributed by atoms with E-state index in [-0.39, 0.29) is 5.78 Å². The summed E-state index contributed by atoms with van der Waals surface area (Å²) in [5.41, 5.74) is 3.77. The second-order valence-corrected chi connectivity index (χ2v) is 8.95. The van der Waals surface area contributed by atoms with E-state index in [2.05, 4.69) is 9.30 Å². The van der Waals surface area contributed by atoms with Gasteiger partial charge in [0.2, 0.25) is 5.95 Å². The fourth-order valence-corrected chi connectivity index (χ4v) is 4.47. The lowest BCUT2D eigenvalue weighted by atomic mass is 10.1. The van der Waals surface area contributed by atoms with E-state index in [4.69, 9.17) is 28.2 Å². The highest BCUT2D eigenvalue weighted by molar-refractivity contribution is 6.35. The Morgan fingerprint density at radius 2 is 1.74 bits per heavy atom. The van der Waals surface area contributed by atoms with E-state index in [9.17, 15) is 19.5 Å². The summed E-state index contributed by atoms with van der Waals surface area (Å²) in [5, 5.41) is 11.6. The summed E-state index contributed by atoms with van der Waals surface area (Å²) < 4.78 is 6.08. The molecule has 2 aromatic carbocycles. The number of aliphatic hydroxyl groups is 1. The van der Waals surface area contributed by atoms with Crippen molar-refractivity contribution in [2.24, 2.45) is 0 Å². The Bertz CT molecular complexity index is 1280. The first kappa shape index (κ1) is 26.7. The van der Waals surface area contributed by atoms with E-state index in [1.54, 1.807) is 18.2 Å². The summed E-state index contributed by atoms with van der Waals surface area (Å²) in [6.45, 7) is 7.37. The Morgan fingerprint density at radius 1 is 1.06 bits per heavy atom. The number of halogens is 2. The minimum absolute atomic E-state index is 0.0238. The van der Waals surface area contributed by atoms with Gasteiger partial charge < -0.3 is 19.3 Å². The number of hydrogen-bond donors (Lipinski definition) is 1. The monoisotopic (exact) mass is 519 g/mol. The smallest absolute Gasteiger partial charge is 0.310 e. The number of esters is 2. The Kier molecular flexibility index (Phi) is 8.53. The maximum absolute atomic E-state index is 11.6. The number of rotatable bonds is 4. The summed E-state index contributed by atoms with van der Waals surface area (Å²) in [6.07, 6.45) is 0.936. The molecule has 0 bridgehead atoms. The predicted molar refractivity (Wildman–Crippen MR) is 136 cm³/mol. The summed E-state index contributed by atoms with van der Waals surface area (Å²) in [5.74, 6) is -0.402. The molecule has 0 spiro atoms. The number of benzene rings is 2. The number of aryl methyl sites for hydroxylation is 1. The average molecular weight is 520 g/mol. The van der Waals surface area contributed by atoms with Gasteiger partial charge in [-0.05, 0) is 44.0 Å². The van der Waals surface area contributed by atoms with Gasteiger partial charge in [-0.2, -0.15) is 0 Å². The average Bonchev–Trinajstić information content (AvgIpc) is 3.19. The highest BCUT2D eigenvalue weighted by Gasteiger charge is 2.27. The normalized spacial score (nSPS) is 13.5. The highest BCUT2D eigenvalue weighted by Crippen LogP contribution is 2.40. The number of carbonyl (C=O) groups excluding carboxylic acids is 3. The minimum atomic E-state index is -0.575. The molecular weight excluding hydrogens is 493 g/mol. The summed E-state index contributed by atoms with van der Waals surface area (Å²) >= 11 is 12.9. The first-order valence-electron chi connectivity index (χ1n) is 11.2. The van der Waals surface area contributed by atoms with Crippen LogP contribution in [0.4, 0.5) is 11.6 Å². The van der Waals surface area contributed by atoms with Gasteiger partial charge in [0.1, 0.15) is 5.52 Å². The van der Waals surface area contributed by atoms with Gasteiger partial charge in [0, 0.05) is 38.1 Å². The van der Waals surface area contributed by atoms with E-state index >= 15 is 0 Å². The van der Waals surface area contributed by atoms with E-state index in [0.717, 1.165) is 42.2 Å². The summed E-state index contributed by atoms with van der Waals surface area (Å²) in [7, 11) is 0. The van der Waals surface area contributed by atoms with Crippen molar-refractivity contribution < 1.29 is 24.2 Å². The molecule has 186 valence electrons. The minimum Gasteiger partial charge on any atom is -0.394 e. The molecule has 0 radical (unpaired) electrons. The third kappa shape index (κ3) is 5.83. The molecule has 35 heavy (non-hydrogen) atoms. The largest absolute Gasteiger partial charge is 0.394 e. The molecule has 1 aliphatic rings. The van der Waals surface area contributed by atoms with Crippen LogP contribution in [0.1, 0.15) is 62.6 Å². The van der Waals surface area contributed by atoms with Crippen LogP contribution in [0.5, 0.6) is 0 Å². The van der Waals surface area contributed by atoms with Crippen LogP contribution in [0, 0.1) is 0 Å². The van der Waals surface area contributed by atoms with Crippen LogP contribution in [-0.4, -0.2) is 38.9 Å². The van der Waals surface area contributed by atoms with Gasteiger partial charge in [0.15, 0.2) is 5.78 Å². The van der Waals surface area contributed by atoms with Crippen LogP contribution in [0.15, 0.2) is 30.3 Å². The Labute approximate surface area is 213 Å². The maximum Gasteiger partial charge on any atom is 0.310 e. The second-order valence-electron chi connectivity index (χ2n) is 8.13. The van der Waals surface area contributed by atoms with Crippen LogP contribution in [0.3, 0.4) is 0 Å². The van der Waals surface area contributed by atoms with Gasteiger partial charge in [-0.3, -0.25) is 14.4 Å². The topological polar surface area (TPSA) is 102 Å². The first-order chi connectivity index (χ1) is 16.5. The zero-order valence-corrected chi connectivity index (χ0v) is 21.5. The number of imidazole rings is 1. The van der Waals surface area contributed by atoms with Gasteiger partial charge in [-0.15, -0.1) is 0 Å². The van der Waals surface area contributed by atoms with Crippen molar-refractivity contribution in [3.63, 3.8) is 0 Å². The van der Waals surface area contributed by atoms with Crippen molar-refractivity contribution in [2.45, 2.75) is 53.2 Å². The molecule has 1 atom stereocenters. The third-order valence-electron chi connectivity index (χ3n) is 5.54. The predicted octanol–water partition coefficient (Wildman–Crippen LogP) is 5.63. The Hall–Kier alpha value is -2.94. The number of ether oxygens (including phenoxy) is 1. The van der Waals surface area contributed by atoms with Crippen LogP contribution in [0.25, 0.3) is 11.0 Å². The number of carbonyl (C=O) groups is 3. The highest BCUT2D eigenvalue weighted by atomic mass is 35.5. The summed E-state index contributed by atoms with van der Waals surface area (Å²) in [4.78, 5) is 38.1. The van der Waals surface area contributed by atoms with Gasteiger partial charge in [0.05, 0.1) is 27.4 Å². The maximum atomic E-state index is 11.6. The van der Waals surface area contributed by atoms with Crippen LogP contribution in [-0.2, 0) is 20.9 Å². The first-order valence-corrected chi connectivity index (χ1v) is 11.9. The number of fused-ring (bicyclic) bond motifs is 3. The third-order valence-corrected chi connectivity index (χ3v) is 6.15. The lowest BCUT2D eigenvalue weighted by molar-refractivity contribution is -0.156. The molecule has 1 aromatic heterocycles.